The molecular formula is C14H14BrNO2. The van der Waals surface area contributed by atoms with Gasteiger partial charge >= 0.3 is 0 Å². The molecule has 0 bridgehead atoms. The maximum absolute atomic E-state index is 9.40. The Balaban J connectivity index is 2.09. The van der Waals surface area contributed by atoms with Gasteiger partial charge in [0, 0.05) is 16.7 Å². The van der Waals surface area contributed by atoms with E-state index in [2.05, 4.69) is 21.2 Å². The molecule has 94 valence electrons. The van der Waals surface area contributed by atoms with Crippen molar-refractivity contribution < 1.29 is 10.2 Å². The van der Waals surface area contributed by atoms with Crippen LogP contribution >= 0.6 is 15.9 Å². The van der Waals surface area contributed by atoms with E-state index in [4.69, 9.17) is 0 Å². The minimum Gasteiger partial charge on any atom is -0.504 e. The summed E-state index contributed by atoms with van der Waals surface area (Å²) >= 11 is 3.49. The van der Waals surface area contributed by atoms with Crippen molar-refractivity contribution >= 4 is 21.6 Å². The number of nitrogens with one attached hydrogen (secondary N) is 1. The maximum atomic E-state index is 9.40. The first-order valence-electron chi connectivity index (χ1n) is 5.57. The monoisotopic (exact) mass is 307 g/mol. The Bertz CT molecular complexity index is 570. The van der Waals surface area contributed by atoms with Crippen LogP contribution in [0.25, 0.3) is 0 Å². The fourth-order valence-electron chi connectivity index (χ4n) is 1.64. The number of aromatic hydroxyl groups is 2. The molecule has 2 aromatic rings. The van der Waals surface area contributed by atoms with Crippen LogP contribution in [0.15, 0.2) is 40.9 Å². The zero-order chi connectivity index (χ0) is 13.1. The van der Waals surface area contributed by atoms with E-state index in [1.54, 1.807) is 12.1 Å². The second kappa shape index (κ2) is 5.31. The molecule has 0 atom stereocenters. The number of rotatable bonds is 3. The van der Waals surface area contributed by atoms with E-state index in [9.17, 15) is 10.2 Å². The number of hydrogen-bond donors (Lipinski definition) is 3. The largest absolute Gasteiger partial charge is 0.504 e. The van der Waals surface area contributed by atoms with E-state index >= 15 is 0 Å². The van der Waals surface area contributed by atoms with Crippen molar-refractivity contribution in [2.45, 2.75) is 13.5 Å². The van der Waals surface area contributed by atoms with Crippen molar-refractivity contribution in [2.75, 3.05) is 5.32 Å². The summed E-state index contributed by atoms with van der Waals surface area (Å²) in [5, 5.41) is 21.9. The first kappa shape index (κ1) is 12.8. The van der Waals surface area contributed by atoms with Crippen LogP contribution in [0.4, 0.5) is 5.69 Å². The summed E-state index contributed by atoms with van der Waals surface area (Å²) in [7, 11) is 0. The van der Waals surface area contributed by atoms with Gasteiger partial charge in [0.1, 0.15) is 0 Å². The lowest BCUT2D eigenvalue weighted by Gasteiger charge is -2.10. The highest BCUT2D eigenvalue weighted by Crippen LogP contribution is 2.27. The van der Waals surface area contributed by atoms with Gasteiger partial charge in [0.25, 0.3) is 0 Å². The Hall–Kier alpha value is -1.68. The van der Waals surface area contributed by atoms with Crippen LogP contribution in [0.3, 0.4) is 0 Å². The van der Waals surface area contributed by atoms with Crippen LogP contribution < -0.4 is 5.32 Å². The Morgan fingerprint density at radius 1 is 1.06 bits per heavy atom. The molecule has 0 heterocycles. The van der Waals surface area contributed by atoms with Crippen LogP contribution in [0.2, 0.25) is 0 Å². The van der Waals surface area contributed by atoms with E-state index in [1.165, 1.54) is 11.6 Å². The molecule has 4 heteroatoms. The number of halogens is 1. The van der Waals surface area contributed by atoms with Crippen molar-refractivity contribution in [3.05, 3.63) is 52.0 Å². The third kappa shape index (κ3) is 2.96. The standard InChI is InChI=1S/C14H14BrNO2/c1-9-2-4-12(11(15)6-9)16-8-10-3-5-13(17)14(18)7-10/h2-7,16-18H,8H2,1H3. The van der Waals surface area contributed by atoms with Gasteiger partial charge < -0.3 is 15.5 Å². The van der Waals surface area contributed by atoms with E-state index in [0.29, 0.717) is 6.54 Å². The fourth-order valence-corrected chi connectivity index (χ4v) is 2.27. The van der Waals surface area contributed by atoms with E-state index < -0.39 is 0 Å². The SMILES string of the molecule is Cc1ccc(NCc2ccc(O)c(O)c2)c(Br)c1. The molecule has 0 fully saturated rings. The average molecular weight is 308 g/mol. The molecule has 0 saturated heterocycles. The zero-order valence-electron chi connectivity index (χ0n) is 9.94. The lowest BCUT2D eigenvalue weighted by molar-refractivity contribution is 0.403. The Kier molecular flexibility index (Phi) is 3.77. The summed E-state index contributed by atoms with van der Waals surface area (Å²) in [6, 6.07) is 10.9. The molecule has 3 N–H and O–H groups in total. The molecule has 0 amide bonds. The molecule has 0 radical (unpaired) electrons. The summed E-state index contributed by atoms with van der Waals surface area (Å²) in [6.45, 7) is 2.61. The van der Waals surface area contributed by atoms with E-state index in [1.807, 2.05) is 25.1 Å². The molecule has 0 aliphatic heterocycles. The summed E-state index contributed by atoms with van der Waals surface area (Å²) in [5.41, 5.74) is 3.08. The van der Waals surface area contributed by atoms with Crippen molar-refractivity contribution in [1.29, 1.82) is 0 Å². The lowest BCUT2D eigenvalue weighted by atomic mass is 10.2. The molecular weight excluding hydrogens is 294 g/mol. The van der Waals surface area contributed by atoms with Gasteiger partial charge in [-0.1, -0.05) is 12.1 Å². The molecule has 0 aliphatic carbocycles. The van der Waals surface area contributed by atoms with Crippen LogP contribution in [0.5, 0.6) is 11.5 Å². The van der Waals surface area contributed by atoms with Gasteiger partial charge in [0.05, 0.1) is 0 Å². The van der Waals surface area contributed by atoms with Crippen LogP contribution in [-0.4, -0.2) is 10.2 Å². The molecule has 3 nitrogen and oxygen atoms in total. The second-order valence-electron chi connectivity index (χ2n) is 4.16. The maximum Gasteiger partial charge on any atom is 0.157 e. The minimum atomic E-state index is -0.102. The zero-order valence-corrected chi connectivity index (χ0v) is 11.5. The normalized spacial score (nSPS) is 10.3. The van der Waals surface area contributed by atoms with Crippen LogP contribution in [-0.2, 0) is 6.54 Å². The first-order valence-corrected chi connectivity index (χ1v) is 6.36. The summed E-state index contributed by atoms with van der Waals surface area (Å²) < 4.78 is 1.01. The van der Waals surface area contributed by atoms with Gasteiger partial charge in [-0.15, -0.1) is 0 Å². The van der Waals surface area contributed by atoms with Gasteiger partial charge in [-0.25, -0.2) is 0 Å². The minimum absolute atomic E-state index is 0.0997. The molecule has 0 aromatic heterocycles. The number of phenolic OH excluding ortho intramolecular Hbond substituents is 2. The molecule has 2 rings (SSSR count). The third-order valence-corrected chi connectivity index (χ3v) is 3.30. The Morgan fingerprint density at radius 3 is 2.50 bits per heavy atom. The highest BCUT2D eigenvalue weighted by molar-refractivity contribution is 9.10. The van der Waals surface area contributed by atoms with Crippen LogP contribution in [0, 0.1) is 6.92 Å². The third-order valence-electron chi connectivity index (χ3n) is 2.65. The Morgan fingerprint density at radius 2 is 1.83 bits per heavy atom. The van der Waals surface area contributed by atoms with Crippen molar-refractivity contribution in [3.63, 3.8) is 0 Å². The lowest BCUT2D eigenvalue weighted by Crippen LogP contribution is -2.00. The number of hydrogen-bond acceptors (Lipinski definition) is 3. The molecule has 2 aromatic carbocycles. The number of phenols is 2. The number of aryl methyl sites for hydroxylation is 1. The summed E-state index contributed by atoms with van der Waals surface area (Å²) in [5.74, 6) is -0.201. The van der Waals surface area contributed by atoms with E-state index in [-0.39, 0.29) is 11.5 Å². The predicted molar refractivity (Wildman–Crippen MR) is 76.0 cm³/mol. The van der Waals surface area contributed by atoms with Gasteiger partial charge in [0.2, 0.25) is 0 Å². The van der Waals surface area contributed by atoms with Gasteiger partial charge in [-0.05, 0) is 58.2 Å². The fraction of sp³-hybridized carbons (Fsp3) is 0.143. The molecule has 0 aliphatic rings. The molecule has 0 saturated carbocycles. The summed E-state index contributed by atoms with van der Waals surface area (Å²) in [4.78, 5) is 0. The second-order valence-corrected chi connectivity index (χ2v) is 5.01. The van der Waals surface area contributed by atoms with Crippen molar-refractivity contribution in [1.82, 2.24) is 0 Å². The smallest absolute Gasteiger partial charge is 0.157 e. The summed E-state index contributed by atoms with van der Waals surface area (Å²) in [6.07, 6.45) is 0. The highest BCUT2D eigenvalue weighted by atomic mass is 79.9. The predicted octanol–water partition coefficient (Wildman–Crippen LogP) is 3.78. The van der Waals surface area contributed by atoms with Gasteiger partial charge in [-0.2, -0.15) is 0 Å². The quantitative estimate of drug-likeness (QED) is 0.756. The first-order chi connectivity index (χ1) is 8.56. The molecule has 18 heavy (non-hydrogen) atoms. The van der Waals surface area contributed by atoms with Crippen molar-refractivity contribution in [3.8, 4) is 11.5 Å². The molecule has 0 unspecified atom stereocenters. The van der Waals surface area contributed by atoms with E-state index in [0.717, 1.165) is 15.7 Å². The highest BCUT2D eigenvalue weighted by Gasteiger charge is 2.02. The molecule has 0 spiro atoms. The number of benzene rings is 2. The van der Waals surface area contributed by atoms with Gasteiger partial charge in [-0.3, -0.25) is 0 Å². The topological polar surface area (TPSA) is 52.5 Å². The number of anilines is 1. The Labute approximate surface area is 114 Å². The van der Waals surface area contributed by atoms with Gasteiger partial charge in [0.15, 0.2) is 11.5 Å². The van der Waals surface area contributed by atoms with Crippen molar-refractivity contribution in [2.24, 2.45) is 0 Å². The van der Waals surface area contributed by atoms with Crippen LogP contribution in [0.1, 0.15) is 11.1 Å². The average Bonchev–Trinajstić information content (AvgIpc) is 2.32.